The van der Waals surface area contributed by atoms with E-state index in [2.05, 4.69) is 14.8 Å². The first-order valence-corrected chi connectivity index (χ1v) is 12.6. The van der Waals surface area contributed by atoms with Crippen molar-refractivity contribution in [3.63, 3.8) is 0 Å². The number of aryl methyl sites for hydroxylation is 1. The van der Waals surface area contributed by atoms with E-state index in [4.69, 9.17) is 23.4 Å². The van der Waals surface area contributed by atoms with Gasteiger partial charge in [-0.25, -0.2) is 9.36 Å². The summed E-state index contributed by atoms with van der Waals surface area (Å²) in [7, 11) is -7.66. The van der Waals surface area contributed by atoms with Crippen molar-refractivity contribution >= 4 is 22.0 Å². The van der Waals surface area contributed by atoms with E-state index in [0.29, 0.717) is 0 Å². The maximum atomic E-state index is 12.1. The third-order valence-corrected chi connectivity index (χ3v) is 5.91. The van der Waals surface area contributed by atoms with Crippen LogP contribution in [0.2, 0.25) is 0 Å². The molecule has 0 spiro atoms. The highest BCUT2D eigenvalue weighted by atomic mass is 31.2. The van der Waals surface area contributed by atoms with E-state index >= 15 is 0 Å². The summed E-state index contributed by atoms with van der Waals surface area (Å²) in [6.07, 6.45) is -1.25. The molecule has 0 saturated carbocycles. The highest BCUT2D eigenvalue weighted by Gasteiger charge is 2.38. The highest BCUT2D eigenvalue weighted by molar-refractivity contribution is 7.47. The van der Waals surface area contributed by atoms with E-state index in [-0.39, 0.29) is 50.9 Å². The molecule has 0 bridgehead atoms. The molecule has 15 nitrogen and oxygen atoms in total. The van der Waals surface area contributed by atoms with Crippen LogP contribution in [0.25, 0.3) is 0 Å². The van der Waals surface area contributed by atoms with Gasteiger partial charge in [-0.3, -0.25) is 32.8 Å². The Bertz CT molecular complexity index is 996. The van der Waals surface area contributed by atoms with E-state index in [0.717, 1.165) is 4.57 Å². The maximum absolute atomic E-state index is 12.1. The lowest BCUT2D eigenvalue weighted by molar-refractivity contribution is -0.119. The van der Waals surface area contributed by atoms with Crippen LogP contribution in [0, 0.1) is 6.92 Å². The van der Waals surface area contributed by atoms with Crippen molar-refractivity contribution in [1.29, 1.82) is 0 Å². The van der Waals surface area contributed by atoms with Crippen LogP contribution < -0.4 is 16.6 Å². The molecule has 0 aliphatic carbocycles. The van der Waals surface area contributed by atoms with Gasteiger partial charge in [0.1, 0.15) is 12.3 Å². The molecule has 1 saturated heterocycles. The Morgan fingerprint density at radius 2 is 2.06 bits per heavy atom. The Morgan fingerprint density at radius 3 is 2.73 bits per heavy atom. The first-order chi connectivity index (χ1) is 15.5. The first kappa shape index (κ1) is 27.6. The van der Waals surface area contributed by atoms with Crippen LogP contribution in [0.4, 0.5) is 0 Å². The monoisotopic (exact) mass is 515 g/mol. The average Bonchev–Trinajstić information content (AvgIpc) is 3.09. The van der Waals surface area contributed by atoms with Gasteiger partial charge in [-0.2, -0.15) is 0 Å². The van der Waals surface area contributed by atoms with Gasteiger partial charge in [-0.1, -0.05) is 0 Å². The fourth-order valence-electron chi connectivity index (χ4n) is 2.91. The van der Waals surface area contributed by atoms with Crippen LogP contribution in [0.1, 0.15) is 25.1 Å². The van der Waals surface area contributed by atoms with Crippen molar-refractivity contribution in [3.8, 4) is 0 Å². The van der Waals surface area contributed by atoms with Gasteiger partial charge >= 0.3 is 21.8 Å². The molecule has 1 aromatic heterocycles. The second-order valence-corrected chi connectivity index (χ2v) is 9.18. The molecule has 2 rings (SSSR count). The Hall–Kier alpha value is -1.67. The first-order valence-electron chi connectivity index (χ1n) is 9.79. The summed E-state index contributed by atoms with van der Waals surface area (Å²) in [5.41, 5.74) is -0.975. The molecule has 17 heteroatoms. The van der Waals surface area contributed by atoms with Crippen LogP contribution >= 0.6 is 16.1 Å². The number of hydrogen-bond donors (Lipinski definition) is 4. The van der Waals surface area contributed by atoms with Crippen LogP contribution in [0.15, 0.2) is 15.8 Å². The lowest BCUT2D eigenvalue weighted by atomic mass is 10.2. The van der Waals surface area contributed by atoms with Crippen molar-refractivity contribution < 1.29 is 46.8 Å². The molecule has 1 amide bonds. The van der Waals surface area contributed by atoms with Gasteiger partial charge in [0, 0.05) is 31.6 Å². The minimum atomic E-state index is -4.34. The second-order valence-electron chi connectivity index (χ2n) is 6.96. The van der Waals surface area contributed by atoms with Gasteiger partial charge in [0.05, 0.1) is 32.5 Å². The van der Waals surface area contributed by atoms with E-state index in [9.17, 15) is 28.4 Å². The number of phosphoric acid groups is 1. The number of aromatic nitrogens is 2. The molecular weight excluding hydrogens is 488 g/mol. The van der Waals surface area contributed by atoms with Gasteiger partial charge in [0.25, 0.3) is 5.56 Å². The molecule has 1 fully saturated rings. The SMILES string of the molecule is CC(=O)NCCOP(=O)(O)OCCOC[C@H]1O[C@@H](n2cc(C)c(=O)[nH]c2=O)C[C@@H]1O[PH](=O)O. The quantitative estimate of drug-likeness (QED) is 0.188. The molecule has 0 radical (unpaired) electrons. The van der Waals surface area contributed by atoms with Gasteiger partial charge in [-0.05, 0) is 6.92 Å². The summed E-state index contributed by atoms with van der Waals surface area (Å²) in [5.74, 6) is -0.314. The predicted molar refractivity (Wildman–Crippen MR) is 112 cm³/mol. The molecule has 2 unspecified atom stereocenters. The topological polar surface area (TPSA) is 205 Å². The van der Waals surface area contributed by atoms with Crippen LogP contribution in [0.5, 0.6) is 0 Å². The number of ether oxygens (including phenoxy) is 2. The van der Waals surface area contributed by atoms with Crippen LogP contribution in [-0.4, -0.2) is 70.4 Å². The van der Waals surface area contributed by atoms with E-state index < -0.39 is 45.8 Å². The zero-order chi connectivity index (χ0) is 24.6. The summed E-state index contributed by atoms with van der Waals surface area (Å²) in [5, 5.41) is 2.39. The van der Waals surface area contributed by atoms with Crippen molar-refractivity contribution in [2.45, 2.75) is 38.7 Å². The summed E-state index contributed by atoms with van der Waals surface area (Å²) >= 11 is 0. The average molecular weight is 515 g/mol. The largest absolute Gasteiger partial charge is 0.472 e. The number of rotatable bonds is 13. The number of amides is 1. The van der Waals surface area contributed by atoms with Gasteiger partial charge < -0.3 is 29.1 Å². The van der Waals surface area contributed by atoms with Crippen LogP contribution in [0.3, 0.4) is 0 Å². The zero-order valence-electron chi connectivity index (χ0n) is 17.9. The predicted octanol–water partition coefficient (Wildman–Crippen LogP) is -0.814. The van der Waals surface area contributed by atoms with Crippen molar-refractivity contribution in [2.75, 3.05) is 33.0 Å². The van der Waals surface area contributed by atoms with E-state index in [1.807, 2.05) is 0 Å². The second kappa shape index (κ2) is 12.7. The minimum absolute atomic E-state index is 0.0349. The molecule has 1 aliphatic heterocycles. The van der Waals surface area contributed by atoms with Crippen molar-refractivity contribution in [2.24, 2.45) is 0 Å². The Morgan fingerprint density at radius 1 is 1.36 bits per heavy atom. The van der Waals surface area contributed by atoms with E-state index in [1.165, 1.54) is 20.0 Å². The number of nitrogens with zero attached hydrogens (tertiary/aromatic N) is 1. The molecule has 188 valence electrons. The number of carbonyl (C=O) groups is 1. The molecule has 33 heavy (non-hydrogen) atoms. The van der Waals surface area contributed by atoms with Crippen molar-refractivity contribution in [3.05, 3.63) is 32.6 Å². The molecule has 2 heterocycles. The number of nitrogens with one attached hydrogen (secondary N) is 2. The molecule has 0 aromatic carbocycles. The van der Waals surface area contributed by atoms with E-state index in [1.54, 1.807) is 0 Å². The lowest BCUT2D eigenvalue weighted by Crippen LogP contribution is -2.33. The summed E-state index contributed by atoms with van der Waals surface area (Å²) < 4.78 is 49.5. The summed E-state index contributed by atoms with van der Waals surface area (Å²) in [6, 6.07) is 0. The molecule has 1 aliphatic rings. The van der Waals surface area contributed by atoms with Gasteiger partial charge in [0.2, 0.25) is 5.91 Å². The minimum Gasteiger partial charge on any atom is -0.376 e. The highest BCUT2D eigenvalue weighted by Crippen LogP contribution is 2.42. The Labute approximate surface area is 188 Å². The summed E-state index contributed by atoms with van der Waals surface area (Å²) in [4.78, 5) is 55.2. The zero-order valence-corrected chi connectivity index (χ0v) is 19.8. The van der Waals surface area contributed by atoms with Gasteiger partial charge in [0.15, 0.2) is 0 Å². The number of H-pyrrole nitrogens is 1. The third kappa shape index (κ3) is 9.24. The smallest absolute Gasteiger partial charge is 0.376 e. The number of phosphoric ester groups is 1. The maximum Gasteiger partial charge on any atom is 0.472 e. The number of carbonyl (C=O) groups excluding carboxylic acids is 1. The lowest BCUT2D eigenvalue weighted by Gasteiger charge is -2.18. The van der Waals surface area contributed by atoms with Crippen molar-refractivity contribution in [1.82, 2.24) is 14.9 Å². The Kier molecular flexibility index (Phi) is 10.6. The fourth-order valence-corrected chi connectivity index (χ4v) is 4.12. The standard InChI is InChI=1S/C16H27N3O12P2/c1-10-8-19(16(22)18-15(10)21)14-7-12(31-32(23)24)13(30-14)9-27-5-6-29-33(25,26)28-4-3-17-11(2)20/h8,12-14,32H,3-7,9H2,1-2H3,(H,17,20)(H,23,24)(H,25,26)(H,18,21,22)/t12-,13+,14+/m0/s1. The number of aromatic amines is 1. The molecular formula is C16H27N3O12P2. The van der Waals surface area contributed by atoms with Crippen LogP contribution in [-0.2, 0) is 37.0 Å². The summed E-state index contributed by atoms with van der Waals surface area (Å²) in [6.45, 7) is 2.00. The van der Waals surface area contributed by atoms with Gasteiger partial charge in [-0.15, -0.1) is 0 Å². The normalized spacial score (nSPS) is 23.2. The molecule has 1 aromatic rings. The molecule has 4 N–H and O–H groups in total. The Balaban J connectivity index is 1.84. The fraction of sp³-hybridized carbons (Fsp3) is 0.688. The number of hydrogen-bond acceptors (Lipinski definition) is 10. The third-order valence-electron chi connectivity index (χ3n) is 4.38. The molecule has 5 atom stereocenters.